The van der Waals surface area contributed by atoms with Gasteiger partial charge in [0.1, 0.15) is 0 Å². The zero-order valence-corrected chi connectivity index (χ0v) is 11.7. The molecule has 5 nitrogen and oxygen atoms in total. The zero-order chi connectivity index (χ0) is 14.7. The lowest BCUT2D eigenvalue weighted by Crippen LogP contribution is -2.36. The van der Waals surface area contributed by atoms with E-state index < -0.39 is 0 Å². The second-order valence-corrected chi connectivity index (χ2v) is 4.74. The van der Waals surface area contributed by atoms with Crippen molar-refractivity contribution in [2.75, 3.05) is 18.7 Å². The maximum Gasteiger partial charge on any atom is 0.321 e. The van der Waals surface area contributed by atoms with Crippen LogP contribution < -0.4 is 19.7 Å². The first-order chi connectivity index (χ1) is 10.2. The molecule has 0 bridgehead atoms. The molecule has 3 rings (SSSR count). The highest BCUT2D eigenvalue weighted by molar-refractivity contribution is 5.91. The van der Waals surface area contributed by atoms with Crippen molar-refractivity contribution in [1.82, 2.24) is 5.32 Å². The number of anilines is 1. The van der Waals surface area contributed by atoms with Crippen LogP contribution in [0.2, 0.25) is 0 Å². The lowest BCUT2D eigenvalue weighted by atomic mass is 10.2. The Morgan fingerprint density at radius 2 is 1.90 bits per heavy atom. The highest BCUT2D eigenvalue weighted by Gasteiger charge is 2.14. The fourth-order valence-corrected chi connectivity index (χ4v) is 2.12. The average Bonchev–Trinajstić information content (AvgIpc) is 3.00. The van der Waals surface area contributed by atoms with Crippen molar-refractivity contribution < 1.29 is 14.3 Å². The molecule has 0 saturated heterocycles. The topological polar surface area (TPSA) is 50.8 Å². The van der Waals surface area contributed by atoms with Crippen LogP contribution in [0.25, 0.3) is 0 Å². The van der Waals surface area contributed by atoms with Crippen molar-refractivity contribution in [3.63, 3.8) is 0 Å². The first-order valence-electron chi connectivity index (χ1n) is 6.69. The van der Waals surface area contributed by atoms with E-state index in [1.54, 1.807) is 11.9 Å². The fraction of sp³-hybridized carbons (Fsp3) is 0.188. The Labute approximate surface area is 123 Å². The molecular weight excluding hydrogens is 268 g/mol. The van der Waals surface area contributed by atoms with Gasteiger partial charge >= 0.3 is 6.03 Å². The van der Waals surface area contributed by atoms with Crippen LogP contribution in [0.4, 0.5) is 10.5 Å². The number of nitrogens with zero attached hydrogens (tertiary/aromatic N) is 1. The number of nitrogens with one attached hydrogen (secondary N) is 1. The number of carbonyl (C=O) groups excluding carboxylic acids is 1. The summed E-state index contributed by atoms with van der Waals surface area (Å²) < 4.78 is 10.6. The predicted octanol–water partition coefficient (Wildman–Crippen LogP) is 2.76. The average molecular weight is 284 g/mol. The molecule has 2 amide bonds. The van der Waals surface area contributed by atoms with Crippen molar-refractivity contribution in [1.29, 1.82) is 0 Å². The lowest BCUT2D eigenvalue weighted by molar-refractivity contribution is 0.174. The molecule has 0 aliphatic carbocycles. The summed E-state index contributed by atoms with van der Waals surface area (Å²) >= 11 is 0. The van der Waals surface area contributed by atoms with E-state index in [9.17, 15) is 4.79 Å². The van der Waals surface area contributed by atoms with Gasteiger partial charge in [-0.15, -0.1) is 0 Å². The van der Waals surface area contributed by atoms with Crippen molar-refractivity contribution in [2.45, 2.75) is 6.54 Å². The first-order valence-corrected chi connectivity index (χ1v) is 6.69. The van der Waals surface area contributed by atoms with E-state index in [4.69, 9.17) is 9.47 Å². The van der Waals surface area contributed by atoms with E-state index >= 15 is 0 Å². The van der Waals surface area contributed by atoms with Crippen molar-refractivity contribution in [3.05, 3.63) is 54.1 Å². The summed E-state index contributed by atoms with van der Waals surface area (Å²) in [4.78, 5) is 13.7. The molecule has 1 aliphatic heterocycles. The van der Waals surface area contributed by atoms with Gasteiger partial charge in [0.05, 0.1) is 0 Å². The molecule has 0 fully saturated rings. The standard InChI is InChI=1S/C16H16N2O3/c1-18(13-5-3-2-4-6-13)16(19)17-10-12-7-8-14-15(9-12)21-11-20-14/h2-9H,10-11H2,1H3,(H,17,19). The monoisotopic (exact) mass is 284 g/mol. The van der Waals surface area contributed by atoms with Crippen molar-refractivity contribution >= 4 is 11.7 Å². The van der Waals surface area contributed by atoms with Gasteiger partial charge in [0.2, 0.25) is 6.79 Å². The van der Waals surface area contributed by atoms with Gasteiger partial charge in [-0.2, -0.15) is 0 Å². The number of ether oxygens (including phenoxy) is 2. The normalized spacial score (nSPS) is 12.0. The van der Waals surface area contributed by atoms with Gasteiger partial charge in [-0.1, -0.05) is 24.3 Å². The highest BCUT2D eigenvalue weighted by atomic mass is 16.7. The molecule has 0 radical (unpaired) electrons. The van der Waals surface area contributed by atoms with Crippen molar-refractivity contribution in [3.8, 4) is 11.5 Å². The van der Waals surface area contributed by atoms with E-state index in [0.717, 1.165) is 22.7 Å². The highest BCUT2D eigenvalue weighted by Crippen LogP contribution is 2.32. The van der Waals surface area contributed by atoms with Gasteiger partial charge < -0.3 is 14.8 Å². The molecule has 0 aromatic heterocycles. The summed E-state index contributed by atoms with van der Waals surface area (Å²) in [6.45, 7) is 0.689. The van der Waals surface area contributed by atoms with Gasteiger partial charge in [0.25, 0.3) is 0 Å². The van der Waals surface area contributed by atoms with E-state index in [1.807, 2.05) is 48.5 Å². The second kappa shape index (κ2) is 5.75. The predicted molar refractivity (Wildman–Crippen MR) is 79.6 cm³/mol. The van der Waals surface area contributed by atoms with Gasteiger partial charge in [0, 0.05) is 19.3 Å². The number of hydrogen-bond donors (Lipinski definition) is 1. The fourth-order valence-electron chi connectivity index (χ4n) is 2.12. The smallest absolute Gasteiger partial charge is 0.321 e. The Kier molecular flexibility index (Phi) is 3.64. The van der Waals surface area contributed by atoms with Gasteiger partial charge in [0.15, 0.2) is 11.5 Å². The van der Waals surface area contributed by atoms with Crippen LogP contribution in [0.3, 0.4) is 0 Å². The van der Waals surface area contributed by atoms with Gasteiger partial charge in [-0.3, -0.25) is 4.90 Å². The minimum absolute atomic E-state index is 0.154. The van der Waals surface area contributed by atoms with E-state index in [0.29, 0.717) is 6.54 Å². The third kappa shape index (κ3) is 2.91. The second-order valence-electron chi connectivity index (χ2n) is 4.74. The number of hydrogen-bond acceptors (Lipinski definition) is 3. The molecule has 2 aromatic rings. The van der Waals surface area contributed by atoms with E-state index in [1.165, 1.54) is 0 Å². The molecule has 0 saturated carbocycles. The van der Waals surface area contributed by atoms with Crippen LogP contribution in [0, 0.1) is 0 Å². The molecule has 0 unspecified atom stereocenters. The lowest BCUT2D eigenvalue weighted by Gasteiger charge is -2.18. The molecule has 0 atom stereocenters. The third-order valence-electron chi connectivity index (χ3n) is 3.33. The van der Waals surface area contributed by atoms with Gasteiger partial charge in [-0.25, -0.2) is 4.79 Å². The minimum Gasteiger partial charge on any atom is -0.454 e. The molecule has 21 heavy (non-hydrogen) atoms. The molecule has 1 heterocycles. The molecule has 0 spiro atoms. The first kappa shape index (κ1) is 13.3. The maximum absolute atomic E-state index is 12.1. The quantitative estimate of drug-likeness (QED) is 0.943. The van der Waals surface area contributed by atoms with Crippen LogP contribution in [-0.2, 0) is 6.54 Å². The van der Waals surface area contributed by atoms with E-state index in [-0.39, 0.29) is 12.8 Å². The Bertz CT molecular complexity index is 643. The van der Waals surface area contributed by atoms with Gasteiger partial charge in [-0.05, 0) is 29.8 Å². The molecule has 5 heteroatoms. The van der Waals surface area contributed by atoms with Crippen molar-refractivity contribution in [2.24, 2.45) is 0 Å². The summed E-state index contributed by atoms with van der Waals surface area (Å²) in [5, 5.41) is 2.88. The largest absolute Gasteiger partial charge is 0.454 e. The summed E-state index contributed by atoms with van der Waals surface area (Å²) in [6, 6.07) is 15.0. The number of fused-ring (bicyclic) bond motifs is 1. The molecule has 1 aliphatic rings. The number of carbonyl (C=O) groups is 1. The van der Waals surface area contributed by atoms with Crippen LogP contribution in [0.15, 0.2) is 48.5 Å². The summed E-state index contributed by atoms with van der Waals surface area (Å²) in [5.41, 5.74) is 1.81. The van der Waals surface area contributed by atoms with Crippen LogP contribution in [-0.4, -0.2) is 19.9 Å². The number of urea groups is 1. The summed E-state index contributed by atoms with van der Waals surface area (Å²) in [5.74, 6) is 1.46. The molecule has 108 valence electrons. The Balaban J connectivity index is 1.61. The maximum atomic E-state index is 12.1. The van der Waals surface area contributed by atoms with Crippen LogP contribution >= 0.6 is 0 Å². The number of amides is 2. The molecule has 1 N–H and O–H groups in total. The van der Waals surface area contributed by atoms with Crippen LogP contribution in [0.5, 0.6) is 11.5 Å². The van der Waals surface area contributed by atoms with E-state index in [2.05, 4.69) is 5.32 Å². The number of benzene rings is 2. The van der Waals surface area contributed by atoms with Crippen LogP contribution in [0.1, 0.15) is 5.56 Å². The Morgan fingerprint density at radius 3 is 2.71 bits per heavy atom. The number of para-hydroxylation sites is 1. The summed E-state index contributed by atoms with van der Waals surface area (Å²) in [7, 11) is 1.74. The minimum atomic E-state index is -0.154. The third-order valence-corrected chi connectivity index (χ3v) is 3.33. The molecular formula is C16H16N2O3. The zero-order valence-electron chi connectivity index (χ0n) is 11.7. The Morgan fingerprint density at radius 1 is 1.14 bits per heavy atom. The Hall–Kier alpha value is -2.69. The SMILES string of the molecule is CN(C(=O)NCc1ccc2c(c1)OCO2)c1ccccc1. The number of rotatable bonds is 3. The summed E-state index contributed by atoms with van der Waals surface area (Å²) in [6.07, 6.45) is 0. The molecule has 2 aromatic carbocycles.